The van der Waals surface area contributed by atoms with Gasteiger partial charge in [0.25, 0.3) is 0 Å². The third-order valence-electron chi connectivity index (χ3n) is 4.67. The van der Waals surface area contributed by atoms with E-state index in [0.717, 1.165) is 18.8 Å². The third-order valence-corrected chi connectivity index (χ3v) is 4.67. The van der Waals surface area contributed by atoms with Gasteiger partial charge >= 0.3 is 6.09 Å². The Morgan fingerprint density at radius 2 is 1.65 bits per heavy atom. The number of fused-ring (bicyclic) bond motifs is 1. The number of amidine groups is 1. The molecule has 1 saturated heterocycles. The van der Waals surface area contributed by atoms with E-state index in [1.165, 1.54) is 11.3 Å². The highest BCUT2D eigenvalue weighted by atomic mass is 16.6. The van der Waals surface area contributed by atoms with Crippen molar-refractivity contribution in [1.82, 2.24) is 10.2 Å². The van der Waals surface area contributed by atoms with Gasteiger partial charge < -0.3 is 15.0 Å². The first-order chi connectivity index (χ1) is 11.6. The summed E-state index contributed by atoms with van der Waals surface area (Å²) in [7, 11) is 0. The Labute approximate surface area is 159 Å². The summed E-state index contributed by atoms with van der Waals surface area (Å²) in [5.41, 5.74) is 2.22. The number of nitrogens with one attached hydrogen (secondary N) is 1. The Hall–Kier alpha value is -1.52. The van der Waals surface area contributed by atoms with Gasteiger partial charge in [0.1, 0.15) is 11.4 Å². The maximum absolute atomic E-state index is 12.2. The van der Waals surface area contributed by atoms with Gasteiger partial charge in [0.15, 0.2) is 0 Å². The highest BCUT2D eigenvalue weighted by Gasteiger charge is 2.43. The van der Waals surface area contributed by atoms with Gasteiger partial charge in [-0.1, -0.05) is 41.5 Å². The van der Waals surface area contributed by atoms with Crippen LogP contribution in [-0.2, 0) is 4.74 Å². The summed E-state index contributed by atoms with van der Waals surface area (Å²) in [6.07, 6.45) is 0.480. The number of alkyl carbamates (subject to hydrolysis) is 1. The van der Waals surface area contributed by atoms with Crippen LogP contribution in [0.3, 0.4) is 0 Å². The molecule has 2 aliphatic rings. The molecule has 0 spiro atoms. The zero-order chi connectivity index (χ0) is 20.1. The number of amides is 1. The number of ether oxygens (including phenoxy) is 1. The van der Waals surface area contributed by atoms with Crippen molar-refractivity contribution < 1.29 is 9.53 Å². The van der Waals surface area contributed by atoms with E-state index in [2.05, 4.69) is 58.7 Å². The van der Waals surface area contributed by atoms with Crippen molar-refractivity contribution in [2.45, 2.75) is 93.3 Å². The van der Waals surface area contributed by atoms with E-state index in [-0.39, 0.29) is 29.0 Å². The summed E-state index contributed by atoms with van der Waals surface area (Å²) in [5.74, 6) is 1.11. The first-order valence-electron chi connectivity index (χ1n) is 9.68. The summed E-state index contributed by atoms with van der Waals surface area (Å²) in [4.78, 5) is 19.6. The summed E-state index contributed by atoms with van der Waals surface area (Å²) < 4.78 is 5.45. The van der Waals surface area contributed by atoms with Crippen molar-refractivity contribution in [2.24, 2.45) is 15.8 Å². The standard InChI is InChI=1S/C21H37N3O2/c1-13-16(19(2,3)4)15-11-14(23-18(25)26-21(8,9)10)12-24(15)17(22-13)20(5,6)7/h13-14H,11-12H2,1-10H3,(H,23,25)/t13-,14-/m0/s1. The predicted molar refractivity (Wildman–Crippen MR) is 107 cm³/mol. The van der Waals surface area contributed by atoms with E-state index in [9.17, 15) is 4.79 Å². The van der Waals surface area contributed by atoms with Crippen LogP contribution in [-0.4, -0.2) is 41.1 Å². The second-order valence-corrected chi connectivity index (χ2v) is 10.6. The van der Waals surface area contributed by atoms with Crippen molar-refractivity contribution in [1.29, 1.82) is 0 Å². The van der Waals surface area contributed by atoms with Crippen molar-refractivity contribution in [3.8, 4) is 0 Å². The van der Waals surface area contributed by atoms with E-state index >= 15 is 0 Å². The van der Waals surface area contributed by atoms with Gasteiger partial charge in [0.05, 0.1) is 12.1 Å². The number of nitrogens with zero attached hydrogens (tertiary/aromatic N) is 2. The number of hydrogen-bond acceptors (Lipinski definition) is 4. The zero-order valence-corrected chi connectivity index (χ0v) is 18.3. The number of rotatable bonds is 1. The Balaban J connectivity index is 2.32. The molecule has 0 aromatic carbocycles. The summed E-state index contributed by atoms with van der Waals surface area (Å²) >= 11 is 0. The number of carbonyl (C=O) groups is 1. The van der Waals surface area contributed by atoms with Gasteiger partial charge in [-0.05, 0) is 38.7 Å². The van der Waals surface area contributed by atoms with Gasteiger partial charge in [-0.15, -0.1) is 0 Å². The van der Waals surface area contributed by atoms with Gasteiger partial charge in [0.2, 0.25) is 0 Å². The van der Waals surface area contributed by atoms with Crippen LogP contribution in [0, 0.1) is 10.8 Å². The molecule has 1 fully saturated rings. The van der Waals surface area contributed by atoms with Gasteiger partial charge in [-0.3, -0.25) is 4.99 Å². The van der Waals surface area contributed by atoms with Crippen LogP contribution < -0.4 is 5.32 Å². The molecule has 148 valence electrons. The fraction of sp³-hybridized carbons (Fsp3) is 0.810. The van der Waals surface area contributed by atoms with E-state index in [0.29, 0.717) is 0 Å². The van der Waals surface area contributed by atoms with Crippen molar-refractivity contribution in [3.05, 3.63) is 11.3 Å². The molecule has 1 N–H and O–H groups in total. The number of carbonyl (C=O) groups excluding carboxylic acids is 1. The second kappa shape index (κ2) is 6.58. The maximum atomic E-state index is 12.2. The molecule has 0 saturated carbocycles. The summed E-state index contributed by atoms with van der Waals surface area (Å²) in [5, 5.41) is 3.06. The Morgan fingerprint density at radius 3 is 2.12 bits per heavy atom. The summed E-state index contributed by atoms with van der Waals surface area (Å²) in [6.45, 7) is 21.9. The van der Waals surface area contributed by atoms with Gasteiger partial charge in [-0.2, -0.15) is 0 Å². The zero-order valence-electron chi connectivity index (χ0n) is 18.3. The molecule has 2 atom stereocenters. The van der Waals surface area contributed by atoms with E-state index in [1.54, 1.807) is 0 Å². The Morgan fingerprint density at radius 1 is 1.08 bits per heavy atom. The lowest BCUT2D eigenvalue weighted by atomic mass is 9.79. The van der Waals surface area contributed by atoms with Crippen LogP contribution in [0.25, 0.3) is 0 Å². The minimum Gasteiger partial charge on any atom is -0.444 e. The van der Waals surface area contributed by atoms with Gasteiger partial charge in [-0.25, -0.2) is 4.79 Å². The third kappa shape index (κ3) is 4.60. The molecule has 1 amide bonds. The van der Waals surface area contributed by atoms with Crippen LogP contribution in [0.1, 0.15) is 75.7 Å². The van der Waals surface area contributed by atoms with Crippen molar-refractivity contribution in [2.75, 3.05) is 6.54 Å². The average Bonchev–Trinajstić information content (AvgIpc) is 2.74. The molecule has 0 aromatic heterocycles. The topological polar surface area (TPSA) is 53.9 Å². The molecule has 5 nitrogen and oxygen atoms in total. The quantitative estimate of drug-likeness (QED) is 0.732. The van der Waals surface area contributed by atoms with E-state index in [1.807, 2.05) is 20.8 Å². The fourth-order valence-electron chi connectivity index (χ4n) is 4.00. The van der Waals surface area contributed by atoms with Crippen LogP contribution >= 0.6 is 0 Å². The molecule has 2 heterocycles. The lowest BCUT2D eigenvalue weighted by Gasteiger charge is -2.41. The fourth-order valence-corrected chi connectivity index (χ4v) is 4.00. The molecule has 2 rings (SSSR count). The number of hydrogen-bond donors (Lipinski definition) is 1. The second-order valence-electron chi connectivity index (χ2n) is 10.6. The first kappa shape index (κ1) is 20.8. The molecule has 0 radical (unpaired) electrons. The minimum atomic E-state index is -0.488. The number of aliphatic imine (C=N–C) groups is 1. The Bertz CT molecular complexity index is 627. The molecule has 5 heteroatoms. The highest BCUT2D eigenvalue weighted by molar-refractivity contribution is 5.90. The van der Waals surface area contributed by atoms with Crippen LogP contribution in [0.4, 0.5) is 4.79 Å². The molecule has 2 aliphatic heterocycles. The monoisotopic (exact) mass is 363 g/mol. The first-order valence-corrected chi connectivity index (χ1v) is 9.68. The molecule has 0 unspecified atom stereocenters. The van der Waals surface area contributed by atoms with Crippen molar-refractivity contribution in [3.63, 3.8) is 0 Å². The van der Waals surface area contributed by atoms with Crippen LogP contribution in [0.2, 0.25) is 0 Å². The van der Waals surface area contributed by atoms with Crippen molar-refractivity contribution >= 4 is 11.9 Å². The molecule has 0 bridgehead atoms. The Kier molecular flexibility index (Phi) is 5.26. The molecule has 26 heavy (non-hydrogen) atoms. The molecular formula is C21H37N3O2. The SMILES string of the molecule is C[C@@H]1N=C(C(C)(C)C)N2C[C@@H](NC(=O)OC(C)(C)C)CC2=C1C(C)(C)C. The van der Waals surface area contributed by atoms with Crippen LogP contribution in [0.15, 0.2) is 16.3 Å². The molecular weight excluding hydrogens is 326 g/mol. The summed E-state index contributed by atoms with van der Waals surface area (Å²) in [6, 6.07) is 0.200. The molecule has 0 aliphatic carbocycles. The van der Waals surface area contributed by atoms with Gasteiger partial charge in [0, 0.05) is 24.1 Å². The largest absolute Gasteiger partial charge is 0.444 e. The van der Waals surface area contributed by atoms with Crippen LogP contribution in [0.5, 0.6) is 0 Å². The lowest BCUT2D eigenvalue weighted by molar-refractivity contribution is 0.0507. The van der Waals surface area contributed by atoms with E-state index < -0.39 is 5.60 Å². The molecule has 0 aromatic rings. The average molecular weight is 364 g/mol. The van der Waals surface area contributed by atoms with E-state index in [4.69, 9.17) is 9.73 Å². The highest BCUT2D eigenvalue weighted by Crippen LogP contribution is 2.42. The normalized spacial score (nSPS) is 24.4. The lowest BCUT2D eigenvalue weighted by Crippen LogP contribution is -2.45. The predicted octanol–water partition coefficient (Wildman–Crippen LogP) is 4.73. The maximum Gasteiger partial charge on any atom is 0.407 e. The minimum absolute atomic E-state index is 0.0371. The smallest absolute Gasteiger partial charge is 0.407 e.